The first-order chi connectivity index (χ1) is 28.2. The summed E-state index contributed by atoms with van der Waals surface area (Å²) in [6.07, 6.45) is 0.207. The number of nitrogens with zero attached hydrogens (tertiary/aromatic N) is 2. The molecule has 0 saturated heterocycles. The Balaban J connectivity index is 0.000000228. The molecule has 2 amide bonds. The van der Waals surface area contributed by atoms with E-state index < -0.39 is 52.5 Å². The van der Waals surface area contributed by atoms with Crippen LogP contribution in [0.5, 0.6) is 11.5 Å². The smallest absolute Gasteiger partial charge is 0.262 e. The van der Waals surface area contributed by atoms with Crippen molar-refractivity contribution in [3.63, 3.8) is 0 Å². The highest BCUT2D eigenvalue weighted by molar-refractivity contribution is 6.42. The van der Waals surface area contributed by atoms with E-state index in [4.69, 9.17) is 46.4 Å². The van der Waals surface area contributed by atoms with E-state index in [1.165, 1.54) is 50.2 Å². The molecule has 0 saturated carbocycles. The topological polar surface area (TPSA) is 143 Å². The minimum absolute atomic E-state index is 0.102. The SMILES string of the molecule is CCCNC(=O)Cc1c(C)n(C(=O)c2ccc(Cl)c(Cl)c2)c2cc(F)c(O)c(F)c12.Cc1c(CC(=O)NC(C)C)c2c(F)c(O)c(F)cc2n1C(=O)c1ccc(Cl)c(Cl)c1. The second kappa shape index (κ2) is 18.5. The van der Waals surface area contributed by atoms with E-state index >= 15 is 0 Å². The summed E-state index contributed by atoms with van der Waals surface area (Å²) in [4.78, 5) is 50.9. The average Bonchev–Trinajstić information content (AvgIpc) is 3.61. The first-order valence-corrected chi connectivity index (χ1v) is 19.7. The number of aromatic hydroxyl groups is 2. The van der Waals surface area contributed by atoms with Crippen molar-refractivity contribution in [3.05, 3.63) is 126 Å². The van der Waals surface area contributed by atoms with Gasteiger partial charge in [-0.3, -0.25) is 28.3 Å². The Morgan fingerprint density at radius 3 is 1.42 bits per heavy atom. The maximum Gasteiger partial charge on any atom is 0.262 e. The van der Waals surface area contributed by atoms with E-state index in [2.05, 4.69) is 10.6 Å². The van der Waals surface area contributed by atoms with Gasteiger partial charge in [-0.2, -0.15) is 0 Å². The Morgan fingerprint density at radius 2 is 1.05 bits per heavy atom. The lowest BCUT2D eigenvalue weighted by Gasteiger charge is -2.10. The molecule has 0 aliphatic carbocycles. The molecule has 0 atom stereocenters. The van der Waals surface area contributed by atoms with Crippen molar-refractivity contribution >= 4 is 91.8 Å². The van der Waals surface area contributed by atoms with Gasteiger partial charge in [0.2, 0.25) is 11.8 Å². The molecule has 2 heterocycles. The van der Waals surface area contributed by atoms with E-state index in [1.807, 2.05) is 6.92 Å². The molecule has 60 heavy (non-hydrogen) atoms. The number of aromatic nitrogens is 2. The van der Waals surface area contributed by atoms with Gasteiger partial charge in [0.05, 0.1) is 44.0 Å². The molecule has 316 valence electrons. The number of fused-ring (bicyclic) bond motifs is 2. The van der Waals surface area contributed by atoms with Gasteiger partial charge < -0.3 is 20.8 Å². The number of carbonyl (C=O) groups excluding carboxylic acids is 4. The largest absolute Gasteiger partial charge is 0.503 e. The number of rotatable bonds is 9. The number of halogens is 8. The van der Waals surface area contributed by atoms with Gasteiger partial charge >= 0.3 is 0 Å². The molecule has 4 aromatic carbocycles. The van der Waals surface area contributed by atoms with Crippen molar-refractivity contribution in [2.24, 2.45) is 0 Å². The van der Waals surface area contributed by atoms with E-state index in [1.54, 1.807) is 13.8 Å². The van der Waals surface area contributed by atoms with Gasteiger partial charge in [-0.25, -0.2) is 17.6 Å². The highest BCUT2D eigenvalue weighted by Gasteiger charge is 2.29. The maximum absolute atomic E-state index is 14.8. The second-order valence-electron chi connectivity index (χ2n) is 13.9. The molecule has 0 radical (unpaired) electrons. The van der Waals surface area contributed by atoms with Crippen LogP contribution in [-0.2, 0) is 22.4 Å². The average molecular weight is 911 g/mol. The van der Waals surface area contributed by atoms with Crippen LogP contribution in [0.1, 0.15) is 70.4 Å². The zero-order chi connectivity index (χ0) is 44.5. The van der Waals surface area contributed by atoms with Crippen molar-refractivity contribution in [2.45, 2.75) is 59.9 Å². The van der Waals surface area contributed by atoms with Gasteiger partial charge in [0.1, 0.15) is 0 Å². The highest BCUT2D eigenvalue weighted by Crippen LogP contribution is 2.38. The number of hydrogen-bond donors (Lipinski definition) is 4. The van der Waals surface area contributed by atoms with Crippen molar-refractivity contribution < 1.29 is 47.0 Å². The molecule has 0 spiro atoms. The van der Waals surface area contributed by atoms with E-state index in [9.17, 15) is 47.0 Å². The molecule has 0 aliphatic heterocycles. The van der Waals surface area contributed by atoms with Crippen LogP contribution in [0.25, 0.3) is 21.8 Å². The molecular formula is C42H36Cl4F4N4O6. The van der Waals surface area contributed by atoms with Gasteiger partial charge in [-0.1, -0.05) is 53.3 Å². The number of benzene rings is 4. The number of hydrogen-bond acceptors (Lipinski definition) is 6. The van der Waals surface area contributed by atoms with Gasteiger partial charge in [-0.05, 0) is 81.6 Å². The molecule has 6 aromatic rings. The van der Waals surface area contributed by atoms with E-state index in [0.29, 0.717) is 13.0 Å². The molecule has 0 unspecified atom stereocenters. The van der Waals surface area contributed by atoms with E-state index in [0.717, 1.165) is 21.3 Å². The Morgan fingerprint density at radius 1 is 0.650 bits per heavy atom. The van der Waals surface area contributed by atoms with Crippen LogP contribution in [-0.4, -0.2) is 55.6 Å². The Kier molecular flexibility index (Phi) is 14.2. The summed E-state index contributed by atoms with van der Waals surface area (Å²) in [5.41, 5.74) is 0.903. The molecule has 2 aromatic heterocycles. The van der Waals surface area contributed by atoms with Gasteiger partial charge in [0.25, 0.3) is 11.8 Å². The molecule has 0 aliphatic rings. The van der Waals surface area contributed by atoms with Crippen molar-refractivity contribution in [2.75, 3.05) is 6.54 Å². The number of amides is 2. The quantitative estimate of drug-likeness (QED) is 0.106. The summed E-state index contributed by atoms with van der Waals surface area (Å²) in [5, 5.41) is 25.3. The van der Waals surface area contributed by atoms with Crippen LogP contribution < -0.4 is 10.6 Å². The summed E-state index contributed by atoms with van der Waals surface area (Å²) in [6, 6.07) is 9.99. The number of carbonyl (C=O) groups is 4. The normalized spacial score (nSPS) is 11.2. The summed E-state index contributed by atoms with van der Waals surface area (Å²) in [6.45, 7) is 8.89. The lowest BCUT2D eigenvalue weighted by molar-refractivity contribution is -0.121. The zero-order valence-electron chi connectivity index (χ0n) is 32.5. The van der Waals surface area contributed by atoms with Crippen molar-refractivity contribution in [3.8, 4) is 11.5 Å². The third-order valence-electron chi connectivity index (χ3n) is 9.41. The van der Waals surface area contributed by atoms with Gasteiger partial charge in [0, 0.05) is 58.0 Å². The summed E-state index contributed by atoms with van der Waals surface area (Å²) >= 11 is 23.8. The lowest BCUT2D eigenvalue weighted by atomic mass is 10.1. The molecule has 4 N–H and O–H groups in total. The standard InChI is InChI=1S/2C21H18Cl2F2N2O3/c1-9(2)26-17(28)7-12-10(3)27(16-8-15(24)20(29)19(25)18(12)16)21(30)11-4-5-13(22)14(23)6-11;1-3-6-26-17(28)8-12-10(2)27(16-9-15(24)20(29)19(25)18(12)16)21(30)11-4-5-13(22)14(23)7-11/h4-6,8-9,29H,7H2,1-3H3,(H,26,28);4-5,7,9,29H,3,6,8H2,1-2H3,(H,26,28). The van der Waals surface area contributed by atoms with Crippen LogP contribution in [0.2, 0.25) is 20.1 Å². The van der Waals surface area contributed by atoms with E-state index in [-0.39, 0.29) is 100 Å². The Hall–Kier alpha value is -5.28. The predicted octanol–water partition coefficient (Wildman–Crippen LogP) is 9.99. The fourth-order valence-corrected chi connectivity index (χ4v) is 7.20. The van der Waals surface area contributed by atoms with Crippen molar-refractivity contribution in [1.82, 2.24) is 19.8 Å². The monoisotopic (exact) mass is 908 g/mol. The number of nitrogens with one attached hydrogen (secondary N) is 2. The predicted molar refractivity (Wildman–Crippen MR) is 223 cm³/mol. The maximum atomic E-state index is 14.8. The zero-order valence-corrected chi connectivity index (χ0v) is 35.5. The highest BCUT2D eigenvalue weighted by atomic mass is 35.5. The van der Waals surface area contributed by atoms with Crippen LogP contribution in [0.3, 0.4) is 0 Å². The lowest BCUT2D eigenvalue weighted by Crippen LogP contribution is -2.31. The number of phenols is 2. The fourth-order valence-electron chi connectivity index (χ4n) is 6.61. The third kappa shape index (κ3) is 9.07. The number of phenolic OH excluding ortho intramolecular Hbond substituents is 2. The van der Waals surface area contributed by atoms with Crippen molar-refractivity contribution in [1.29, 1.82) is 0 Å². The third-order valence-corrected chi connectivity index (χ3v) is 10.9. The van der Waals surface area contributed by atoms with Crippen LogP contribution >= 0.6 is 46.4 Å². The minimum atomic E-state index is -1.24. The molecule has 0 fully saturated rings. The second-order valence-corrected chi connectivity index (χ2v) is 15.6. The Bertz CT molecular complexity index is 2730. The summed E-state index contributed by atoms with van der Waals surface area (Å²) < 4.78 is 60.1. The fraction of sp³-hybridized carbons (Fsp3) is 0.238. The molecule has 18 heteroatoms. The molecule has 0 bridgehead atoms. The summed E-state index contributed by atoms with van der Waals surface area (Å²) in [7, 11) is 0. The van der Waals surface area contributed by atoms with Gasteiger partial charge in [-0.15, -0.1) is 0 Å². The summed E-state index contributed by atoms with van der Waals surface area (Å²) in [5.74, 6) is -9.27. The van der Waals surface area contributed by atoms with Crippen LogP contribution in [0.15, 0.2) is 48.5 Å². The molecular weight excluding hydrogens is 874 g/mol. The Labute approximate surface area is 360 Å². The first-order valence-electron chi connectivity index (χ1n) is 18.2. The molecule has 6 rings (SSSR count). The molecule has 10 nitrogen and oxygen atoms in total. The minimum Gasteiger partial charge on any atom is -0.503 e. The van der Waals surface area contributed by atoms with Crippen LogP contribution in [0.4, 0.5) is 17.6 Å². The van der Waals surface area contributed by atoms with Gasteiger partial charge in [0.15, 0.2) is 34.8 Å². The van der Waals surface area contributed by atoms with Crippen LogP contribution in [0, 0.1) is 37.1 Å². The first kappa shape index (κ1) is 45.8.